The highest BCUT2D eigenvalue weighted by molar-refractivity contribution is 6.30. The van der Waals surface area contributed by atoms with E-state index in [2.05, 4.69) is 374 Å². The summed E-state index contributed by atoms with van der Waals surface area (Å²) in [5, 5.41) is 10.0. The molecule has 0 bridgehead atoms. The van der Waals surface area contributed by atoms with Crippen LogP contribution in [-0.4, -0.2) is 18.3 Å². The lowest BCUT2D eigenvalue weighted by molar-refractivity contribution is 0.660. The van der Waals surface area contributed by atoms with Gasteiger partial charge < -0.3 is 18.3 Å². The van der Waals surface area contributed by atoms with Crippen LogP contribution in [0.3, 0.4) is 0 Å². The Morgan fingerprint density at radius 2 is 0.540 bits per heavy atom. The Morgan fingerprint density at radius 1 is 0.190 bits per heavy atom. The highest BCUT2D eigenvalue weighted by Gasteiger charge is 2.38. The maximum absolute atomic E-state index is 2.49. The number of benzene rings is 15. The van der Waals surface area contributed by atoms with Crippen molar-refractivity contribution >= 4 is 87.2 Å². The summed E-state index contributed by atoms with van der Waals surface area (Å²) in [6.07, 6.45) is 0. The van der Waals surface area contributed by atoms with Crippen molar-refractivity contribution in [1.82, 2.24) is 18.3 Å². The molecule has 4 heterocycles. The number of para-hydroxylation sites is 4. The normalized spacial score (nSPS) is 13.6. The van der Waals surface area contributed by atoms with Gasteiger partial charge in [-0.25, -0.2) is 0 Å². The first-order valence-electron chi connectivity index (χ1n) is 35.1. The van der Waals surface area contributed by atoms with Gasteiger partial charge in [-0.2, -0.15) is 0 Å². The van der Waals surface area contributed by atoms with Crippen LogP contribution in [0.1, 0.15) is 49.9 Å². The molecule has 15 aromatic carbocycles. The minimum Gasteiger partial charge on any atom is -0.309 e. The van der Waals surface area contributed by atoms with Crippen LogP contribution in [0.15, 0.2) is 328 Å². The van der Waals surface area contributed by atoms with E-state index in [0.717, 1.165) is 17.1 Å². The molecule has 2 aliphatic carbocycles. The Morgan fingerprint density at radius 3 is 1.12 bits per heavy atom. The summed E-state index contributed by atoms with van der Waals surface area (Å²) in [5.41, 5.74) is 34.5. The number of nitrogens with zero attached hydrogens (tertiary/aromatic N) is 4. The van der Waals surface area contributed by atoms with Gasteiger partial charge in [0.25, 0.3) is 0 Å². The second kappa shape index (κ2) is 21.0. The molecule has 0 saturated heterocycles. The van der Waals surface area contributed by atoms with Gasteiger partial charge in [0.1, 0.15) is 0 Å². The van der Waals surface area contributed by atoms with E-state index in [1.54, 1.807) is 0 Å². The van der Waals surface area contributed by atoms with Crippen molar-refractivity contribution < 1.29 is 0 Å². The van der Waals surface area contributed by atoms with Crippen molar-refractivity contribution in [2.45, 2.75) is 38.5 Å². The third-order valence-corrected chi connectivity index (χ3v) is 22.8. The van der Waals surface area contributed by atoms with Gasteiger partial charge in [-0.15, -0.1) is 0 Å². The molecule has 0 radical (unpaired) electrons. The van der Waals surface area contributed by atoms with E-state index in [9.17, 15) is 0 Å². The van der Waals surface area contributed by atoms with Gasteiger partial charge in [0, 0.05) is 76.7 Å². The highest BCUT2D eigenvalue weighted by Crippen LogP contribution is 2.54. The van der Waals surface area contributed by atoms with E-state index in [0.29, 0.717) is 0 Å². The summed E-state index contributed by atoms with van der Waals surface area (Å²) in [6, 6.07) is 123. The third-order valence-electron chi connectivity index (χ3n) is 22.8. The zero-order valence-corrected chi connectivity index (χ0v) is 56.0. The van der Waals surface area contributed by atoms with Gasteiger partial charge >= 0.3 is 0 Å². The minimum atomic E-state index is -0.103. The number of hydrogen-bond acceptors (Lipinski definition) is 0. The van der Waals surface area contributed by atoms with E-state index in [4.69, 9.17) is 0 Å². The van der Waals surface area contributed by atoms with Crippen LogP contribution >= 0.6 is 0 Å². The monoisotopic (exact) mass is 1270 g/mol. The number of fused-ring (bicyclic) bond motifs is 20. The molecule has 2 aliphatic rings. The summed E-state index contributed by atoms with van der Waals surface area (Å²) in [4.78, 5) is 0. The zero-order chi connectivity index (χ0) is 66.3. The van der Waals surface area contributed by atoms with E-state index in [1.807, 2.05) is 0 Å². The minimum absolute atomic E-state index is 0.0595. The van der Waals surface area contributed by atoms with Gasteiger partial charge in [-0.05, 0) is 192 Å². The molecular formula is C96H66N4. The van der Waals surface area contributed by atoms with Crippen LogP contribution in [0.4, 0.5) is 0 Å². The molecule has 4 heteroatoms. The van der Waals surface area contributed by atoms with Crippen LogP contribution in [-0.2, 0) is 10.8 Å². The Balaban J connectivity index is 0.618. The number of hydrogen-bond donors (Lipinski definition) is 0. The molecule has 0 unspecified atom stereocenters. The average Bonchev–Trinajstić information content (AvgIpc) is 1.56. The molecule has 0 atom stereocenters. The molecule has 0 N–H and O–H groups in total. The lowest BCUT2D eigenvalue weighted by atomic mass is 9.82. The quantitative estimate of drug-likeness (QED) is 0.144. The van der Waals surface area contributed by atoms with Gasteiger partial charge in [0.15, 0.2) is 0 Å². The Bertz CT molecular complexity index is 6660. The van der Waals surface area contributed by atoms with Crippen molar-refractivity contribution in [2.75, 3.05) is 0 Å². The van der Waals surface area contributed by atoms with Gasteiger partial charge in [0.2, 0.25) is 0 Å². The Labute approximate surface area is 579 Å². The highest BCUT2D eigenvalue weighted by atomic mass is 15.0. The molecule has 19 aromatic rings. The molecule has 4 nitrogen and oxygen atoms in total. The van der Waals surface area contributed by atoms with Gasteiger partial charge in [-0.1, -0.05) is 252 Å². The van der Waals surface area contributed by atoms with E-state index < -0.39 is 0 Å². The smallest absolute Gasteiger partial charge is 0.0548 e. The molecule has 21 rings (SSSR count). The van der Waals surface area contributed by atoms with Crippen molar-refractivity contribution in [1.29, 1.82) is 0 Å². The maximum atomic E-state index is 2.49. The lowest BCUT2D eigenvalue weighted by Gasteiger charge is -2.22. The number of rotatable bonds is 8. The van der Waals surface area contributed by atoms with Crippen molar-refractivity contribution in [3.63, 3.8) is 0 Å². The molecule has 4 aromatic heterocycles. The Hall–Kier alpha value is -12.5. The van der Waals surface area contributed by atoms with Crippen LogP contribution < -0.4 is 0 Å². The third kappa shape index (κ3) is 7.99. The van der Waals surface area contributed by atoms with E-state index in [1.165, 1.54) is 182 Å². The first kappa shape index (κ1) is 56.7. The molecule has 470 valence electrons. The largest absolute Gasteiger partial charge is 0.309 e. The van der Waals surface area contributed by atoms with Crippen LogP contribution in [0.2, 0.25) is 0 Å². The number of aromatic nitrogens is 4. The molecule has 0 spiro atoms. The molecule has 100 heavy (non-hydrogen) atoms. The van der Waals surface area contributed by atoms with Crippen molar-refractivity contribution in [3.8, 4) is 89.5 Å². The second-order valence-electron chi connectivity index (χ2n) is 28.7. The van der Waals surface area contributed by atoms with Gasteiger partial charge in [0.05, 0.1) is 44.1 Å². The van der Waals surface area contributed by atoms with E-state index in [-0.39, 0.29) is 10.8 Å². The molecule has 0 aliphatic heterocycles. The Kier molecular flexibility index (Phi) is 11.9. The second-order valence-corrected chi connectivity index (χ2v) is 28.7. The van der Waals surface area contributed by atoms with E-state index >= 15 is 0 Å². The van der Waals surface area contributed by atoms with Crippen molar-refractivity contribution in [3.05, 3.63) is 350 Å². The lowest BCUT2D eigenvalue weighted by Crippen LogP contribution is -2.15. The summed E-state index contributed by atoms with van der Waals surface area (Å²) < 4.78 is 9.89. The molecule has 0 amide bonds. The topological polar surface area (TPSA) is 19.7 Å². The maximum Gasteiger partial charge on any atom is 0.0548 e. The van der Waals surface area contributed by atoms with Crippen LogP contribution in [0.25, 0.3) is 177 Å². The summed E-state index contributed by atoms with van der Waals surface area (Å²) in [6.45, 7) is 9.46. The summed E-state index contributed by atoms with van der Waals surface area (Å²) in [5.74, 6) is 0. The zero-order valence-electron chi connectivity index (χ0n) is 56.0. The van der Waals surface area contributed by atoms with Crippen LogP contribution in [0, 0.1) is 0 Å². The average molecular weight is 1280 g/mol. The van der Waals surface area contributed by atoms with Crippen LogP contribution in [0.5, 0.6) is 0 Å². The molecule has 0 fully saturated rings. The molecular weight excluding hydrogens is 1210 g/mol. The van der Waals surface area contributed by atoms with Gasteiger partial charge in [-0.3, -0.25) is 0 Å². The predicted molar refractivity (Wildman–Crippen MR) is 421 cm³/mol. The summed E-state index contributed by atoms with van der Waals surface area (Å²) >= 11 is 0. The fraction of sp³-hybridized carbons (Fsp3) is 0.0625. The SMILES string of the molecule is CC1(C)c2ccccc2-c2ccc(-n3c4ccccc4c4c5c6ccccc6n(-c6cccc(-c7ccc(-c8ccc(-c9ccc%10c(c9)c9c%11c%12ccccc%12n(-c%12ccc(-c%13cccc%14c%13-c%13ccccc%13C%14(C)C)cc%12)c%11ccc9n%10-c9ccccc9)cc8)cc7)c6)c5ccc43)cc21. The fourth-order valence-corrected chi connectivity index (χ4v) is 18.1. The first-order chi connectivity index (χ1) is 49.1. The summed E-state index contributed by atoms with van der Waals surface area (Å²) in [7, 11) is 0. The standard InChI is InChI=1S/C96H66N4/c1-95(2)79-31-14-9-25-73(79)90-70(29-19-32-80(90)95)63-44-47-67(48-45-63)98-82-33-15-10-26-74(82)93-86(98)52-55-89-94(93)77-57-65(46-51-85(77)97(89)66-21-6-5-7-22-66)62-42-38-60(39-43-62)59-36-40-61(41-37-59)64-20-18-23-68(56-64)99-83-34-16-11-27-75(83)91-87(99)53-54-88-92(91)76-28-12-17-35-84(76)100(88)69-49-50-72-71-24-8-13-30-78(71)96(3,4)81(72)58-69/h5-58H,1-4H3. The molecule has 0 saturated carbocycles. The van der Waals surface area contributed by atoms with Crippen molar-refractivity contribution in [2.24, 2.45) is 0 Å². The fourth-order valence-electron chi connectivity index (χ4n) is 18.1. The predicted octanol–water partition coefficient (Wildman–Crippen LogP) is 25.4. The first-order valence-corrected chi connectivity index (χ1v) is 35.1.